The van der Waals surface area contributed by atoms with E-state index in [0.29, 0.717) is 5.69 Å². The summed E-state index contributed by atoms with van der Waals surface area (Å²) in [5.41, 5.74) is 3.13. The number of para-hydroxylation sites is 1. The van der Waals surface area contributed by atoms with Crippen molar-refractivity contribution in [1.82, 2.24) is 0 Å². The van der Waals surface area contributed by atoms with Crippen LogP contribution in [-0.2, 0) is 16.4 Å². The third-order valence-corrected chi connectivity index (χ3v) is 6.21. The van der Waals surface area contributed by atoms with E-state index in [2.05, 4.69) is 10.0 Å². The molecule has 0 radical (unpaired) electrons. The predicted octanol–water partition coefficient (Wildman–Crippen LogP) is 4.36. The monoisotopic (exact) mass is 438 g/mol. The number of carbonyl (C=O) groups is 1. The van der Waals surface area contributed by atoms with Gasteiger partial charge in [0, 0.05) is 12.3 Å². The van der Waals surface area contributed by atoms with E-state index in [1.165, 1.54) is 12.1 Å². The Balaban J connectivity index is 1.73. The molecule has 3 aromatic rings. The topological polar surface area (TPSA) is 95.5 Å². The van der Waals surface area contributed by atoms with Gasteiger partial charge < -0.3 is 10.4 Å². The molecular formula is C24H26N2O4S. The van der Waals surface area contributed by atoms with Crippen molar-refractivity contribution in [2.45, 2.75) is 31.1 Å². The van der Waals surface area contributed by atoms with Gasteiger partial charge in [0.1, 0.15) is 0 Å². The molecule has 0 aromatic heterocycles. The molecule has 0 saturated heterocycles. The third-order valence-electron chi connectivity index (χ3n) is 4.83. The minimum atomic E-state index is -3.82. The standard InChI is InChI=1S/C24H26N2O4S/c1-18-9-15-21(16-10-18)31(29,30)26-23-8-3-2-7-22(23)24(28)25-20-13-11-19(12-14-20)6-4-5-17-27/h2-3,7-16,26-27H,4-6,17H2,1H3,(H,25,28). The van der Waals surface area contributed by atoms with Gasteiger partial charge in [0.15, 0.2) is 0 Å². The summed E-state index contributed by atoms with van der Waals surface area (Å²) in [6.45, 7) is 2.06. The molecule has 0 aliphatic rings. The maximum Gasteiger partial charge on any atom is 0.261 e. The number of aliphatic hydroxyl groups is 1. The smallest absolute Gasteiger partial charge is 0.261 e. The van der Waals surface area contributed by atoms with Crippen LogP contribution in [0.1, 0.15) is 34.3 Å². The van der Waals surface area contributed by atoms with E-state index in [-0.39, 0.29) is 22.8 Å². The first kappa shape index (κ1) is 22.5. The molecule has 31 heavy (non-hydrogen) atoms. The quantitative estimate of drug-likeness (QED) is 0.433. The van der Waals surface area contributed by atoms with E-state index < -0.39 is 15.9 Å². The number of carbonyl (C=O) groups excluding carboxylic acids is 1. The van der Waals surface area contributed by atoms with Gasteiger partial charge in [-0.05, 0) is 68.1 Å². The van der Waals surface area contributed by atoms with Crippen LogP contribution in [0.25, 0.3) is 0 Å². The number of unbranched alkanes of at least 4 members (excludes halogenated alkanes) is 1. The number of benzene rings is 3. The number of rotatable bonds is 9. The molecule has 0 bridgehead atoms. The Morgan fingerprint density at radius 3 is 2.26 bits per heavy atom. The largest absolute Gasteiger partial charge is 0.396 e. The Labute approximate surface area is 183 Å². The number of hydrogen-bond acceptors (Lipinski definition) is 4. The van der Waals surface area contributed by atoms with Crippen LogP contribution in [-0.4, -0.2) is 26.0 Å². The third kappa shape index (κ3) is 6.16. The molecule has 0 spiro atoms. The highest BCUT2D eigenvalue weighted by Gasteiger charge is 2.18. The highest BCUT2D eigenvalue weighted by Crippen LogP contribution is 2.22. The summed E-state index contributed by atoms with van der Waals surface area (Å²) in [7, 11) is -3.82. The van der Waals surface area contributed by atoms with Gasteiger partial charge in [0.2, 0.25) is 0 Å². The van der Waals surface area contributed by atoms with Crippen molar-refractivity contribution < 1.29 is 18.3 Å². The number of aliphatic hydroxyl groups excluding tert-OH is 1. The molecule has 7 heteroatoms. The van der Waals surface area contributed by atoms with Crippen LogP contribution in [0, 0.1) is 6.92 Å². The van der Waals surface area contributed by atoms with Gasteiger partial charge in [-0.25, -0.2) is 8.42 Å². The minimum Gasteiger partial charge on any atom is -0.396 e. The molecule has 162 valence electrons. The van der Waals surface area contributed by atoms with Gasteiger partial charge >= 0.3 is 0 Å². The Morgan fingerprint density at radius 2 is 1.58 bits per heavy atom. The second-order valence-electron chi connectivity index (χ2n) is 7.30. The lowest BCUT2D eigenvalue weighted by molar-refractivity contribution is 0.102. The van der Waals surface area contributed by atoms with E-state index >= 15 is 0 Å². The van der Waals surface area contributed by atoms with Crippen LogP contribution in [0.4, 0.5) is 11.4 Å². The number of nitrogens with one attached hydrogen (secondary N) is 2. The fourth-order valence-electron chi connectivity index (χ4n) is 3.09. The molecule has 3 N–H and O–H groups in total. The van der Waals surface area contributed by atoms with Gasteiger partial charge in [-0.15, -0.1) is 0 Å². The van der Waals surface area contributed by atoms with Gasteiger partial charge in [-0.2, -0.15) is 0 Å². The van der Waals surface area contributed by atoms with Crippen LogP contribution < -0.4 is 10.0 Å². The molecule has 0 atom stereocenters. The van der Waals surface area contributed by atoms with E-state index in [4.69, 9.17) is 5.11 Å². The molecule has 0 unspecified atom stereocenters. The lowest BCUT2D eigenvalue weighted by Gasteiger charge is -2.13. The number of sulfonamides is 1. The Bertz CT molecular complexity index is 1130. The number of hydrogen-bond donors (Lipinski definition) is 3. The molecule has 0 heterocycles. The van der Waals surface area contributed by atoms with Crippen LogP contribution in [0.2, 0.25) is 0 Å². The Hall–Kier alpha value is -3.16. The first-order chi connectivity index (χ1) is 14.9. The minimum absolute atomic E-state index is 0.130. The van der Waals surface area contributed by atoms with Crippen molar-refractivity contribution in [3.05, 3.63) is 89.5 Å². The SMILES string of the molecule is Cc1ccc(S(=O)(=O)Nc2ccccc2C(=O)Nc2ccc(CCCCO)cc2)cc1. The molecule has 0 fully saturated rings. The molecule has 3 aromatic carbocycles. The molecule has 0 saturated carbocycles. The van der Waals surface area contributed by atoms with Crippen molar-refractivity contribution in [2.75, 3.05) is 16.6 Å². The van der Waals surface area contributed by atoms with Crippen molar-refractivity contribution in [3.8, 4) is 0 Å². The summed E-state index contributed by atoms with van der Waals surface area (Å²) in [6, 6.07) is 20.5. The van der Waals surface area contributed by atoms with Crippen LogP contribution in [0.3, 0.4) is 0 Å². The average Bonchev–Trinajstić information content (AvgIpc) is 2.75. The molecule has 1 amide bonds. The zero-order chi connectivity index (χ0) is 22.3. The van der Waals surface area contributed by atoms with Crippen molar-refractivity contribution >= 4 is 27.3 Å². The number of aryl methyl sites for hydroxylation is 2. The fraction of sp³-hybridized carbons (Fsp3) is 0.208. The zero-order valence-electron chi connectivity index (χ0n) is 17.3. The van der Waals surface area contributed by atoms with Crippen molar-refractivity contribution in [2.24, 2.45) is 0 Å². The zero-order valence-corrected chi connectivity index (χ0v) is 18.2. The van der Waals surface area contributed by atoms with Crippen LogP contribution >= 0.6 is 0 Å². The highest BCUT2D eigenvalue weighted by molar-refractivity contribution is 7.92. The van der Waals surface area contributed by atoms with Gasteiger partial charge in [-0.3, -0.25) is 9.52 Å². The Morgan fingerprint density at radius 1 is 0.903 bits per heavy atom. The lowest BCUT2D eigenvalue weighted by Crippen LogP contribution is -2.18. The van der Waals surface area contributed by atoms with Crippen molar-refractivity contribution in [1.29, 1.82) is 0 Å². The summed E-state index contributed by atoms with van der Waals surface area (Å²) >= 11 is 0. The van der Waals surface area contributed by atoms with Crippen molar-refractivity contribution in [3.63, 3.8) is 0 Å². The fourth-order valence-corrected chi connectivity index (χ4v) is 4.17. The Kier molecular flexibility index (Phi) is 7.44. The van der Waals surface area contributed by atoms with E-state index in [9.17, 15) is 13.2 Å². The first-order valence-corrected chi connectivity index (χ1v) is 11.6. The molecule has 0 aliphatic heterocycles. The molecule has 3 rings (SSSR count). The summed E-state index contributed by atoms with van der Waals surface area (Å²) in [5.74, 6) is -0.407. The van der Waals surface area contributed by atoms with Crippen LogP contribution in [0.15, 0.2) is 77.7 Å². The van der Waals surface area contributed by atoms with Crippen LogP contribution in [0.5, 0.6) is 0 Å². The maximum atomic E-state index is 12.8. The highest BCUT2D eigenvalue weighted by atomic mass is 32.2. The molecule has 6 nitrogen and oxygen atoms in total. The number of anilines is 2. The number of amides is 1. The van der Waals surface area contributed by atoms with Gasteiger partial charge in [0.25, 0.3) is 15.9 Å². The summed E-state index contributed by atoms with van der Waals surface area (Å²) in [5, 5.41) is 11.7. The summed E-state index contributed by atoms with van der Waals surface area (Å²) < 4.78 is 28.0. The lowest BCUT2D eigenvalue weighted by atomic mass is 10.1. The predicted molar refractivity (Wildman–Crippen MR) is 123 cm³/mol. The molecular weight excluding hydrogens is 412 g/mol. The average molecular weight is 439 g/mol. The molecule has 0 aliphatic carbocycles. The normalized spacial score (nSPS) is 11.2. The van der Waals surface area contributed by atoms with E-state index in [0.717, 1.165) is 30.4 Å². The summed E-state index contributed by atoms with van der Waals surface area (Å²) in [6.07, 6.45) is 2.52. The maximum absolute atomic E-state index is 12.8. The second kappa shape index (κ2) is 10.2. The van der Waals surface area contributed by atoms with Gasteiger partial charge in [0.05, 0.1) is 16.1 Å². The summed E-state index contributed by atoms with van der Waals surface area (Å²) in [4.78, 5) is 13.0. The second-order valence-corrected chi connectivity index (χ2v) is 8.98. The van der Waals surface area contributed by atoms with E-state index in [1.54, 1.807) is 36.4 Å². The van der Waals surface area contributed by atoms with Gasteiger partial charge in [-0.1, -0.05) is 42.0 Å². The first-order valence-electron chi connectivity index (χ1n) is 10.1. The van der Waals surface area contributed by atoms with E-state index in [1.807, 2.05) is 31.2 Å².